The predicted octanol–water partition coefficient (Wildman–Crippen LogP) is 5.45. The largest absolute Gasteiger partial charge is 0.497 e. The Morgan fingerprint density at radius 2 is 1.80 bits per heavy atom. The molecule has 0 radical (unpaired) electrons. The van der Waals surface area contributed by atoms with Gasteiger partial charge in [0.25, 0.3) is 0 Å². The molecule has 0 bridgehead atoms. The van der Waals surface area contributed by atoms with Crippen LogP contribution in [-0.2, 0) is 6.42 Å². The van der Waals surface area contributed by atoms with Crippen molar-refractivity contribution in [1.29, 1.82) is 0 Å². The lowest BCUT2D eigenvalue weighted by Gasteiger charge is -2.19. The number of carboxylic acid groups (broad SMARTS) is 2. The smallest absolute Gasteiger partial charge is 0.336 e. The fraction of sp³-hybridized carbons (Fsp3) is 0.130. The Labute approximate surface area is 177 Å². The van der Waals surface area contributed by atoms with Gasteiger partial charge in [0.2, 0.25) is 0 Å². The van der Waals surface area contributed by atoms with Crippen molar-refractivity contribution in [2.75, 3.05) is 7.11 Å². The molecular weight excluding hydrogens is 411 g/mol. The van der Waals surface area contributed by atoms with Gasteiger partial charge in [-0.05, 0) is 66.4 Å². The zero-order valence-corrected chi connectivity index (χ0v) is 17.0. The Morgan fingerprint density at radius 1 is 1.07 bits per heavy atom. The molecule has 2 N–H and O–H groups in total. The minimum atomic E-state index is -1.30. The fourth-order valence-corrected chi connectivity index (χ4v) is 3.71. The maximum Gasteiger partial charge on any atom is 0.336 e. The van der Waals surface area contributed by atoms with Crippen LogP contribution in [0.5, 0.6) is 5.75 Å². The Morgan fingerprint density at radius 3 is 2.40 bits per heavy atom. The van der Waals surface area contributed by atoms with Gasteiger partial charge in [0.15, 0.2) is 0 Å². The third kappa shape index (κ3) is 4.14. The number of halogens is 2. The average molecular weight is 429 g/mol. The van der Waals surface area contributed by atoms with E-state index in [2.05, 4.69) is 0 Å². The molecule has 0 aliphatic carbocycles. The van der Waals surface area contributed by atoms with E-state index in [4.69, 9.17) is 16.3 Å². The number of methoxy groups -OCH3 is 1. The highest BCUT2D eigenvalue weighted by atomic mass is 35.5. The van der Waals surface area contributed by atoms with Crippen LogP contribution in [0, 0.1) is 12.7 Å². The van der Waals surface area contributed by atoms with Crippen LogP contribution in [0.4, 0.5) is 4.39 Å². The van der Waals surface area contributed by atoms with E-state index in [1.54, 1.807) is 25.1 Å². The van der Waals surface area contributed by atoms with E-state index in [1.165, 1.54) is 19.2 Å². The molecule has 5 nitrogen and oxygen atoms in total. The fourth-order valence-electron chi connectivity index (χ4n) is 3.45. The van der Waals surface area contributed by atoms with Gasteiger partial charge in [-0.1, -0.05) is 23.7 Å². The lowest BCUT2D eigenvalue weighted by atomic mass is 9.85. The van der Waals surface area contributed by atoms with Gasteiger partial charge in [-0.25, -0.2) is 14.0 Å². The molecule has 0 saturated heterocycles. The quantitative estimate of drug-likeness (QED) is 0.545. The van der Waals surface area contributed by atoms with E-state index in [0.29, 0.717) is 16.9 Å². The number of aromatic carboxylic acids is 2. The average Bonchev–Trinajstić information content (AvgIpc) is 2.69. The summed E-state index contributed by atoms with van der Waals surface area (Å²) in [5.74, 6) is -2.59. The van der Waals surface area contributed by atoms with Crippen LogP contribution in [0.25, 0.3) is 11.1 Å². The lowest BCUT2D eigenvalue weighted by Crippen LogP contribution is -2.13. The molecule has 3 rings (SSSR count). The van der Waals surface area contributed by atoms with Gasteiger partial charge in [-0.2, -0.15) is 0 Å². The summed E-state index contributed by atoms with van der Waals surface area (Å²) in [7, 11) is 1.53. The molecule has 7 heteroatoms. The zero-order chi connectivity index (χ0) is 22.0. The van der Waals surface area contributed by atoms with Gasteiger partial charge in [-0.3, -0.25) is 0 Å². The van der Waals surface area contributed by atoms with Crippen molar-refractivity contribution in [1.82, 2.24) is 0 Å². The molecule has 0 heterocycles. The van der Waals surface area contributed by atoms with Crippen molar-refractivity contribution in [3.8, 4) is 16.9 Å². The number of rotatable bonds is 6. The maximum atomic E-state index is 13.6. The second kappa shape index (κ2) is 8.55. The standard InChI is InChI=1S/C23H18ClFO5/c1-12-8-18(22(26)27)20(16-7-6-14(25)11-19(16)24)21(23(28)29)17(12)10-13-4-3-5-15(9-13)30-2/h3-9,11H,10H2,1-2H3,(H,26,27)(H,28,29). The number of hydrogen-bond donors (Lipinski definition) is 2. The summed E-state index contributed by atoms with van der Waals surface area (Å²) < 4.78 is 18.8. The van der Waals surface area contributed by atoms with Crippen molar-refractivity contribution in [2.45, 2.75) is 13.3 Å². The molecule has 3 aromatic rings. The molecular formula is C23H18ClFO5. The van der Waals surface area contributed by atoms with Crippen LogP contribution >= 0.6 is 11.6 Å². The molecule has 0 saturated carbocycles. The molecule has 0 unspecified atom stereocenters. The minimum absolute atomic E-state index is 0.0523. The third-order valence-corrected chi connectivity index (χ3v) is 5.13. The van der Waals surface area contributed by atoms with Crippen molar-refractivity contribution in [3.63, 3.8) is 0 Å². The summed E-state index contributed by atoms with van der Waals surface area (Å²) in [6.45, 7) is 1.66. The Kier molecular flexibility index (Phi) is 6.08. The van der Waals surface area contributed by atoms with Crippen molar-refractivity contribution < 1.29 is 28.9 Å². The highest BCUT2D eigenvalue weighted by Gasteiger charge is 2.27. The van der Waals surface area contributed by atoms with Gasteiger partial charge < -0.3 is 14.9 Å². The van der Waals surface area contributed by atoms with E-state index < -0.39 is 17.8 Å². The normalized spacial score (nSPS) is 10.7. The first-order chi connectivity index (χ1) is 14.2. The van der Waals surface area contributed by atoms with Gasteiger partial charge in [0, 0.05) is 11.1 Å². The second-order valence-electron chi connectivity index (χ2n) is 6.73. The van der Waals surface area contributed by atoms with Crippen LogP contribution in [-0.4, -0.2) is 29.3 Å². The first-order valence-corrected chi connectivity index (χ1v) is 9.32. The number of ether oxygens (including phenoxy) is 1. The predicted molar refractivity (Wildman–Crippen MR) is 111 cm³/mol. The number of aryl methyl sites for hydroxylation is 1. The Bertz CT molecular complexity index is 1160. The third-order valence-electron chi connectivity index (χ3n) is 4.82. The molecule has 0 aliphatic rings. The van der Waals surface area contributed by atoms with Gasteiger partial charge in [-0.15, -0.1) is 0 Å². The molecule has 30 heavy (non-hydrogen) atoms. The van der Waals surface area contributed by atoms with E-state index in [0.717, 1.165) is 17.7 Å². The first kappa shape index (κ1) is 21.3. The lowest BCUT2D eigenvalue weighted by molar-refractivity contribution is 0.0695. The molecule has 0 amide bonds. The molecule has 0 aliphatic heterocycles. The Hall–Kier alpha value is -3.38. The van der Waals surface area contributed by atoms with E-state index in [-0.39, 0.29) is 33.7 Å². The van der Waals surface area contributed by atoms with Crippen LogP contribution in [0.2, 0.25) is 5.02 Å². The number of benzene rings is 3. The molecule has 0 spiro atoms. The van der Waals surface area contributed by atoms with Crippen LogP contribution in [0.3, 0.4) is 0 Å². The molecule has 3 aromatic carbocycles. The van der Waals surface area contributed by atoms with Crippen molar-refractivity contribution in [2.24, 2.45) is 0 Å². The number of carboxylic acids is 2. The van der Waals surface area contributed by atoms with Crippen LogP contribution < -0.4 is 4.74 Å². The zero-order valence-electron chi connectivity index (χ0n) is 16.2. The highest BCUT2D eigenvalue weighted by Crippen LogP contribution is 2.38. The topological polar surface area (TPSA) is 83.8 Å². The Balaban J connectivity index is 2.33. The van der Waals surface area contributed by atoms with E-state index in [1.807, 2.05) is 6.07 Å². The van der Waals surface area contributed by atoms with E-state index >= 15 is 0 Å². The summed E-state index contributed by atoms with van der Waals surface area (Å²) in [5, 5.41) is 19.7. The first-order valence-electron chi connectivity index (χ1n) is 8.94. The number of carbonyl (C=O) groups is 2. The molecule has 0 fully saturated rings. The van der Waals surface area contributed by atoms with Gasteiger partial charge >= 0.3 is 11.9 Å². The second-order valence-corrected chi connectivity index (χ2v) is 7.14. The molecule has 154 valence electrons. The SMILES string of the molecule is COc1cccc(Cc2c(C)cc(C(=O)O)c(-c3ccc(F)cc3Cl)c2C(=O)O)c1. The summed E-state index contributed by atoms with van der Waals surface area (Å²) in [4.78, 5) is 24.2. The van der Waals surface area contributed by atoms with Crippen LogP contribution in [0.15, 0.2) is 48.5 Å². The monoisotopic (exact) mass is 428 g/mol. The maximum absolute atomic E-state index is 13.6. The van der Waals surface area contributed by atoms with Crippen molar-refractivity contribution >= 4 is 23.5 Å². The van der Waals surface area contributed by atoms with Gasteiger partial charge in [0.05, 0.1) is 23.3 Å². The summed E-state index contributed by atoms with van der Waals surface area (Å²) >= 11 is 6.17. The van der Waals surface area contributed by atoms with Crippen molar-refractivity contribution in [3.05, 3.63) is 87.2 Å². The highest BCUT2D eigenvalue weighted by molar-refractivity contribution is 6.34. The van der Waals surface area contributed by atoms with E-state index in [9.17, 15) is 24.2 Å². The number of hydrogen-bond acceptors (Lipinski definition) is 3. The summed E-state index contributed by atoms with van der Waals surface area (Å²) in [5.41, 5.74) is 1.43. The summed E-state index contributed by atoms with van der Waals surface area (Å²) in [6, 6.07) is 12.0. The minimum Gasteiger partial charge on any atom is -0.497 e. The molecule has 0 atom stereocenters. The molecule has 0 aromatic heterocycles. The van der Waals surface area contributed by atoms with Crippen LogP contribution in [0.1, 0.15) is 37.4 Å². The van der Waals surface area contributed by atoms with Gasteiger partial charge in [0.1, 0.15) is 11.6 Å². The summed E-state index contributed by atoms with van der Waals surface area (Å²) in [6.07, 6.45) is 0.233.